The largest absolute Gasteiger partial charge is 0.368 e. The third-order valence-corrected chi connectivity index (χ3v) is 1.96. The molecule has 2 aliphatic rings. The van der Waals surface area contributed by atoms with Crippen molar-refractivity contribution in [3.05, 3.63) is 29.8 Å². The molecule has 0 fully saturated rings. The molecule has 0 aromatic heterocycles. The Balaban J connectivity index is 2.66. The number of carbonyl (C=O) groups excluding carboxylic acids is 1. The molecule has 2 N–H and O–H groups in total. The number of ketones is 1. The molecule has 4 heteroatoms. The van der Waals surface area contributed by atoms with E-state index in [4.69, 9.17) is 5.73 Å². The van der Waals surface area contributed by atoms with Gasteiger partial charge in [0.25, 0.3) is 0 Å². The number of fused-ring (bicyclic) bond motifs is 1. The first-order valence-electron chi connectivity index (χ1n) is 4.21. The Hall–Kier alpha value is -1.97. The van der Waals surface area contributed by atoms with Crippen LogP contribution >= 0.6 is 0 Å². The SMILES string of the molecule is CC(=O)c1cccc2nc(N)nc-2c1. The van der Waals surface area contributed by atoms with Gasteiger partial charge in [0, 0.05) is 5.56 Å². The number of aromatic nitrogens is 2. The molecule has 0 spiro atoms. The fourth-order valence-electron chi connectivity index (χ4n) is 1.27. The lowest BCUT2D eigenvalue weighted by atomic mass is 10.2. The van der Waals surface area contributed by atoms with Gasteiger partial charge in [-0.2, -0.15) is 0 Å². The highest BCUT2D eigenvalue weighted by Crippen LogP contribution is 2.19. The molecule has 0 radical (unpaired) electrons. The summed E-state index contributed by atoms with van der Waals surface area (Å²) >= 11 is 0. The number of anilines is 1. The van der Waals surface area contributed by atoms with E-state index < -0.39 is 0 Å². The Kier molecular flexibility index (Phi) is 1.89. The smallest absolute Gasteiger partial charge is 0.221 e. The van der Waals surface area contributed by atoms with Crippen molar-refractivity contribution in [1.82, 2.24) is 9.97 Å². The summed E-state index contributed by atoms with van der Waals surface area (Å²) in [6, 6.07) is 6.99. The molecule has 2 rings (SSSR count). The highest BCUT2D eigenvalue weighted by Gasteiger charge is 2.08. The molecular weight excluding hydrogens is 178 g/mol. The molecule has 0 atom stereocenters. The Bertz CT molecular complexity index is 467. The minimum Gasteiger partial charge on any atom is -0.368 e. The van der Waals surface area contributed by atoms with E-state index in [1.54, 1.807) is 24.3 Å². The van der Waals surface area contributed by atoms with E-state index in [2.05, 4.69) is 9.97 Å². The van der Waals surface area contributed by atoms with Gasteiger partial charge in [-0.05, 0) is 19.1 Å². The van der Waals surface area contributed by atoms with E-state index in [1.165, 1.54) is 6.92 Å². The monoisotopic (exact) mass is 187 g/mol. The predicted octanol–water partition coefficient (Wildman–Crippen LogP) is 1.37. The number of hydrogen-bond acceptors (Lipinski definition) is 4. The summed E-state index contributed by atoms with van der Waals surface area (Å²) in [6.45, 7) is 1.51. The molecule has 0 aromatic carbocycles. The number of imidazole rings is 1. The molecule has 0 amide bonds. The summed E-state index contributed by atoms with van der Waals surface area (Å²) in [4.78, 5) is 19.2. The third-order valence-electron chi connectivity index (χ3n) is 1.96. The second kappa shape index (κ2) is 3.06. The molecule has 0 saturated carbocycles. The first-order chi connectivity index (χ1) is 6.66. The van der Waals surface area contributed by atoms with Crippen LogP contribution in [0.1, 0.15) is 17.3 Å². The minimum atomic E-state index is 0.00377. The summed E-state index contributed by atoms with van der Waals surface area (Å²) < 4.78 is 0. The molecule has 4 nitrogen and oxygen atoms in total. The van der Waals surface area contributed by atoms with E-state index >= 15 is 0 Å². The standard InChI is InChI=1S/C10H9N3O/c1-6(14)7-3-2-4-8-9(5-7)13-10(11)12-8/h2-5H,1H3,(H2,11,12,13). The lowest BCUT2D eigenvalue weighted by molar-refractivity contribution is 0.101. The van der Waals surface area contributed by atoms with Crippen molar-refractivity contribution >= 4 is 11.7 Å². The van der Waals surface area contributed by atoms with Crippen molar-refractivity contribution in [2.24, 2.45) is 0 Å². The van der Waals surface area contributed by atoms with Gasteiger partial charge in [-0.3, -0.25) is 4.79 Å². The fraction of sp³-hybridized carbons (Fsp3) is 0.100. The first-order valence-corrected chi connectivity index (χ1v) is 4.21. The lowest BCUT2D eigenvalue weighted by Crippen LogP contribution is -1.89. The Morgan fingerprint density at radius 1 is 1.29 bits per heavy atom. The van der Waals surface area contributed by atoms with Crippen LogP contribution in [0.15, 0.2) is 24.3 Å². The minimum absolute atomic E-state index is 0.00377. The van der Waals surface area contributed by atoms with Crippen LogP contribution in [-0.4, -0.2) is 15.8 Å². The number of hydrogen-bond donors (Lipinski definition) is 1. The van der Waals surface area contributed by atoms with Crippen molar-refractivity contribution in [2.45, 2.75) is 6.92 Å². The number of nitrogens with two attached hydrogens (primary N) is 1. The molecular formula is C10H9N3O. The molecule has 0 bridgehead atoms. The third kappa shape index (κ3) is 1.42. The van der Waals surface area contributed by atoms with Crippen LogP contribution in [0.5, 0.6) is 0 Å². The summed E-state index contributed by atoms with van der Waals surface area (Å²) in [5.74, 6) is 0.241. The Morgan fingerprint density at radius 3 is 2.71 bits per heavy atom. The fourth-order valence-corrected chi connectivity index (χ4v) is 1.27. The van der Waals surface area contributed by atoms with Crippen LogP contribution in [0.25, 0.3) is 11.4 Å². The average Bonchev–Trinajstić information content (AvgIpc) is 2.32. The maximum atomic E-state index is 11.2. The number of nitrogens with zero attached hydrogens (tertiary/aromatic N) is 2. The van der Waals surface area contributed by atoms with Crippen LogP contribution in [-0.2, 0) is 0 Å². The normalized spacial score (nSPS) is 10.4. The summed E-state index contributed by atoms with van der Waals surface area (Å²) in [7, 11) is 0. The van der Waals surface area contributed by atoms with Crippen LogP contribution < -0.4 is 5.73 Å². The Morgan fingerprint density at radius 2 is 2.00 bits per heavy atom. The molecule has 14 heavy (non-hydrogen) atoms. The molecule has 1 aliphatic carbocycles. The van der Waals surface area contributed by atoms with Crippen molar-refractivity contribution < 1.29 is 4.79 Å². The molecule has 70 valence electrons. The van der Waals surface area contributed by atoms with E-state index in [-0.39, 0.29) is 11.7 Å². The summed E-state index contributed by atoms with van der Waals surface area (Å²) in [5.41, 5.74) is 7.42. The van der Waals surface area contributed by atoms with Crippen LogP contribution in [0.4, 0.5) is 5.95 Å². The quantitative estimate of drug-likeness (QED) is 0.684. The molecule has 1 aliphatic heterocycles. The van der Waals surface area contributed by atoms with Gasteiger partial charge >= 0.3 is 0 Å². The zero-order valence-corrected chi connectivity index (χ0v) is 7.69. The zero-order chi connectivity index (χ0) is 10.1. The highest BCUT2D eigenvalue weighted by atomic mass is 16.1. The average molecular weight is 187 g/mol. The van der Waals surface area contributed by atoms with Gasteiger partial charge in [0.05, 0.1) is 11.4 Å². The molecule has 0 saturated heterocycles. The predicted molar refractivity (Wildman–Crippen MR) is 53.1 cm³/mol. The van der Waals surface area contributed by atoms with E-state index in [0.29, 0.717) is 17.0 Å². The maximum Gasteiger partial charge on any atom is 0.221 e. The highest BCUT2D eigenvalue weighted by molar-refractivity contribution is 5.94. The first kappa shape index (κ1) is 8.62. The van der Waals surface area contributed by atoms with Crippen LogP contribution in [0, 0.1) is 0 Å². The maximum absolute atomic E-state index is 11.2. The van der Waals surface area contributed by atoms with E-state index in [0.717, 1.165) is 0 Å². The number of rotatable bonds is 1. The topological polar surface area (TPSA) is 68.9 Å². The lowest BCUT2D eigenvalue weighted by Gasteiger charge is -1.88. The Labute approximate surface area is 81.1 Å². The summed E-state index contributed by atoms with van der Waals surface area (Å²) in [6.07, 6.45) is 0. The second-order valence-electron chi connectivity index (χ2n) is 3.03. The number of carbonyl (C=O) groups is 1. The molecule has 0 unspecified atom stereocenters. The van der Waals surface area contributed by atoms with Gasteiger partial charge in [-0.25, -0.2) is 9.97 Å². The van der Waals surface area contributed by atoms with E-state index in [9.17, 15) is 4.79 Å². The zero-order valence-electron chi connectivity index (χ0n) is 7.69. The van der Waals surface area contributed by atoms with Gasteiger partial charge in [-0.1, -0.05) is 12.1 Å². The van der Waals surface area contributed by atoms with Crippen LogP contribution in [0.3, 0.4) is 0 Å². The van der Waals surface area contributed by atoms with Gasteiger partial charge < -0.3 is 5.73 Å². The van der Waals surface area contributed by atoms with Gasteiger partial charge in [0.1, 0.15) is 0 Å². The van der Waals surface area contributed by atoms with Crippen molar-refractivity contribution in [3.8, 4) is 11.4 Å². The van der Waals surface area contributed by atoms with Crippen molar-refractivity contribution in [1.29, 1.82) is 0 Å². The van der Waals surface area contributed by atoms with Crippen molar-refractivity contribution in [3.63, 3.8) is 0 Å². The molecule has 1 heterocycles. The van der Waals surface area contributed by atoms with Crippen molar-refractivity contribution in [2.75, 3.05) is 5.73 Å². The number of Topliss-reactive ketones (excluding diaryl/α,β-unsaturated/α-hetero) is 1. The van der Waals surface area contributed by atoms with Gasteiger partial charge in [0.2, 0.25) is 5.95 Å². The van der Waals surface area contributed by atoms with Gasteiger partial charge in [0.15, 0.2) is 5.78 Å². The van der Waals surface area contributed by atoms with Crippen LogP contribution in [0.2, 0.25) is 0 Å². The summed E-state index contributed by atoms with van der Waals surface area (Å²) in [5, 5.41) is 0. The second-order valence-corrected chi connectivity index (χ2v) is 3.03. The van der Waals surface area contributed by atoms with Gasteiger partial charge in [-0.15, -0.1) is 0 Å². The number of nitrogen functional groups attached to an aromatic ring is 1. The van der Waals surface area contributed by atoms with E-state index in [1.807, 2.05) is 0 Å². The molecule has 0 aromatic rings.